The molecule has 1 saturated heterocycles. The van der Waals surface area contributed by atoms with Crippen LogP contribution in [0.2, 0.25) is 0 Å². The zero-order chi connectivity index (χ0) is 13.8. The summed E-state index contributed by atoms with van der Waals surface area (Å²) in [4.78, 5) is 2.59. The number of hydrogen-bond acceptors (Lipinski definition) is 2. The van der Waals surface area contributed by atoms with Gasteiger partial charge >= 0.3 is 0 Å². The van der Waals surface area contributed by atoms with Crippen molar-refractivity contribution in [1.29, 1.82) is 0 Å². The normalized spacial score (nSPS) is 29.6. The van der Waals surface area contributed by atoms with Gasteiger partial charge in [-0.1, -0.05) is 50.1 Å². The maximum atomic E-state index is 3.90. The molecule has 1 aliphatic heterocycles. The minimum atomic E-state index is 0.715. The van der Waals surface area contributed by atoms with Crippen molar-refractivity contribution in [3.63, 3.8) is 0 Å². The van der Waals surface area contributed by atoms with Crippen LogP contribution in [-0.4, -0.2) is 30.1 Å². The Morgan fingerprint density at radius 1 is 1.15 bits per heavy atom. The predicted molar refractivity (Wildman–Crippen MR) is 84.7 cm³/mol. The minimum absolute atomic E-state index is 0.715. The number of hydrogen-bond donors (Lipinski definition) is 1. The molecule has 2 nitrogen and oxygen atoms in total. The first-order valence-electron chi connectivity index (χ1n) is 8.37. The number of likely N-dealkylation sites (N-methyl/N-ethyl adjacent to an activating group) is 1. The quantitative estimate of drug-likeness (QED) is 0.883. The van der Waals surface area contributed by atoms with Crippen molar-refractivity contribution < 1.29 is 0 Å². The monoisotopic (exact) mass is 272 g/mol. The van der Waals surface area contributed by atoms with Crippen molar-refractivity contribution in [3.8, 4) is 0 Å². The van der Waals surface area contributed by atoms with Gasteiger partial charge in [0.2, 0.25) is 0 Å². The molecule has 0 bridgehead atoms. The zero-order valence-electron chi connectivity index (χ0n) is 12.7. The summed E-state index contributed by atoms with van der Waals surface area (Å²) in [5.74, 6) is 0.962. The molecule has 0 aromatic heterocycles. The molecule has 1 aromatic rings. The second-order valence-corrected chi connectivity index (χ2v) is 6.56. The molecular formula is C18H28N2. The fourth-order valence-corrected chi connectivity index (χ4v) is 4.03. The third kappa shape index (κ3) is 3.42. The Kier molecular flexibility index (Phi) is 4.74. The van der Waals surface area contributed by atoms with Crippen molar-refractivity contribution in [2.45, 2.75) is 57.7 Å². The summed E-state index contributed by atoms with van der Waals surface area (Å²) in [5.41, 5.74) is 1.43. The van der Waals surface area contributed by atoms with Gasteiger partial charge in [0.25, 0.3) is 0 Å². The molecule has 0 radical (unpaired) electrons. The van der Waals surface area contributed by atoms with Crippen LogP contribution < -0.4 is 5.32 Å². The second-order valence-electron chi connectivity index (χ2n) is 6.56. The molecule has 1 heterocycles. The molecule has 0 amide bonds. The lowest BCUT2D eigenvalue weighted by molar-refractivity contribution is 0.250. The summed E-state index contributed by atoms with van der Waals surface area (Å²) < 4.78 is 0. The van der Waals surface area contributed by atoms with E-state index in [-0.39, 0.29) is 0 Å². The molecular weight excluding hydrogens is 244 g/mol. The van der Waals surface area contributed by atoms with E-state index in [2.05, 4.69) is 47.5 Å². The standard InChI is InChI=1S/C18H28N2/c1-2-20(13-15-8-4-3-5-9-15)14-17-12-16-10-6-7-11-18(16)19-17/h3-5,8-9,16-19H,2,6-7,10-14H2,1H3. The molecule has 2 heteroatoms. The van der Waals surface area contributed by atoms with Crippen LogP contribution in [0.5, 0.6) is 0 Å². The Bertz CT molecular complexity index is 389. The van der Waals surface area contributed by atoms with Gasteiger partial charge in [0.05, 0.1) is 0 Å². The van der Waals surface area contributed by atoms with Crippen molar-refractivity contribution in [2.75, 3.05) is 13.1 Å². The average Bonchev–Trinajstić information content (AvgIpc) is 2.90. The SMILES string of the molecule is CCN(Cc1ccccc1)CC1CC2CCCCC2N1. The largest absolute Gasteiger partial charge is 0.310 e. The maximum Gasteiger partial charge on any atom is 0.0234 e. The van der Waals surface area contributed by atoms with Gasteiger partial charge in [-0.3, -0.25) is 4.90 Å². The predicted octanol–water partition coefficient (Wildman–Crippen LogP) is 3.43. The number of nitrogens with zero attached hydrogens (tertiary/aromatic N) is 1. The van der Waals surface area contributed by atoms with Crippen molar-refractivity contribution in [2.24, 2.45) is 5.92 Å². The summed E-state index contributed by atoms with van der Waals surface area (Å²) in [5, 5.41) is 3.90. The molecule has 2 fully saturated rings. The summed E-state index contributed by atoms with van der Waals surface area (Å²) in [6.07, 6.45) is 7.15. The van der Waals surface area contributed by atoms with E-state index in [1.54, 1.807) is 0 Å². The van der Waals surface area contributed by atoms with Gasteiger partial charge in [0.15, 0.2) is 0 Å². The Labute approximate surface area is 123 Å². The highest BCUT2D eigenvalue weighted by Gasteiger charge is 2.35. The summed E-state index contributed by atoms with van der Waals surface area (Å²) in [6, 6.07) is 12.4. The van der Waals surface area contributed by atoms with Crippen LogP contribution in [0, 0.1) is 5.92 Å². The first-order valence-corrected chi connectivity index (χ1v) is 8.37. The molecule has 0 spiro atoms. The van der Waals surface area contributed by atoms with E-state index in [0.717, 1.165) is 25.0 Å². The molecule has 3 atom stereocenters. The van der Waals surface area contributed by atoms with Gasteiger partial charge in [-0.2, -0.15) is 0 Å². The van der Waals surface area contributed by atoms with Crippen molar-refractivity contribution in [1.82, 2.24) is 10.2 Å². The highest BCUT2D eigenvalue weighted by molar-refractivity contribution is 5.14. The Hall–Kier alpha value is -0.860. The maximum absolute atomic E-state index is 3.90. The molecule has 20 heavy (non-hydrogen) atoms. The Morgan fingerprint density at radius 2 is 1.95 bits per heavy atom. The fraction of sp³-hybridized carbons (Fsp3) is 0.667. The minimum Gasteiger partial charge on any atom is -0.310 e. The van der Waals surface area contributed by atoms with Gasteiger partial charge < -0.3 is 5.32 Å². The second kappa shape index (κ2) is 6.73. The highest BCUT2D eigenvalue weighted by atomic mass is 15.2. The molecule has 2 aliphatic rings. The number of rotatable bonds is 5. The smallest absolute Gasteiger partial charge is 0.0234 e. The Balaban J connectivity index is 1.53. The zero-order valence-corrected chi connectivity index (χ0v) is 12.7. The van der Waals surface area contributed by atoms with Crippen LogP contribution in [-0.2, 0) is 6.54 Å². The van der Waals surface area contributed by atoms with Crippen LogP contribution in [0.25, 0.3) is 0 Å². The molecule has 1 N–H and O–H groups in total. The first kappa shape index (κ1) is 14.1. The highest BCUT2D eigenvalue weighted by Crippen LogP contribution is 2.33. The average molecular weight is 272 g/mol. The molecule has 3 rings (SSSR count). The van der Waals surface area contributed by atoms with E-state index in [0.29, 0.717) is 6.04 Å². The molecule has 1 aliphatic carbocycles. The van der Waals surface area contributed by atoms with Gasteiger partial charge in [-0.25, -0.2) is 0 Å². The van der Waals surface area contributed by atoms with Gasteiger partial charge in [-0.05, 0) is 37.3 Å². The van der Waals surface area contributed by atoms with Crippen molar-refractivity contribution in [3.05, 3.63) is 35.9 Å². The van der Waals surface area contributed by atoms with E-state index in [4.69, 9.17) is 0 Å². The van der Waals surface area contributed by atoms with Gasteiger partial charge in [0.1, 0.15) is 0 Å². The molecule has 1 saturated carbocycles. The van der Waals surface area contributed by atoms with Crippen LogP contribution in [0.4, 0.5) is 0 Å². The third-order valence-corrected chi connectivity index (χ3v) is 5.12. The molecule has 110 valence electrons. The molecule has 1 aromatic carbocycles. The van der Waals surface area contributed by atoms with Crippen LogP contribution in [0.3, 0.4) is 0 Å². The summed E-state index contributed by atoms with van der Waals surface area (Å²) >= 11 is 0. The third-order valence-electron chi connectivity index (χ3n) is 5.12. The van der Waals surface area contributed by atoms with E-state index >= 15 is 0 Å². The number of fused-ring (bicyclic) bond motifs is 1. The van der Waals surface area contributed by atoms with E-state index < -0.39 is 0 Å². The van der Waals surface area contributed by atoms with Crippen LogP contribution in [0.15, 0.2) is 30.3 Å². The lowest BCUT2D eigenvalue weighted by Gasteiger charge is -2.25. The van der Waals surface area contributed by atoms with E-state index in [9.17, 15) is 0 Å². The molecule has 3 unspecified atom stereocenters. The van der Waals surface area contributed by atoms with Crippen LogP contribution in [0.1, 0.15) is 44.6 Å². The summed E-state index contributed by atoms with van der Waals surface area (Å²) in [6.45, 7) is 5.72. The van der Waals surface area contributed by atoms with Gasteiger partial charge in [-0.15, -0.1) is 0 Å². The number of nitrogens with one attached hydrogen (secondary N) is 1. The first-order chi connectivity index (χ1) is 9.85. The summed E-state index contributed by atoms with van der Waals surface area (Å²) in [7, 11) is 0. The fourth-order valence-electron chi connectivity index (χ4n) is 4.03. The number of benzene rings is 1. The topological polar surface area (TPSA) is 15.3 Å². The lowest BCUT2D eigenvalue weighted by Crippen LogP contribution is -2.40. The lowest BCUT2D eigenvalue weighted by atomic mass is 9.85. The van der Waals surface area contributed by atoms with E-state index in [1.165, 1.54) is 44.2 Å². The van der Waals surface area contributed by atoms with Gasteiger partial charge in [0, 0.05) is 25.2 Å². The van der Waals surface area contributed by atoms with Crippen molar-refractivity contribution >= 4 is 0 Å². The van der Waals surface area contributed by atoms with Crippen LogP contribution >= 0.6 is 0 Å². The van der Waals surface area contributed by atoms with E-state index in [1.807, 2.05) is 0 Å². The Morgan fingerprint density at radius 3 is 2.70 bits per heavy atom.